The SMILES string of the molecule is [OH-].[OH-].[OH-].[OH-].[Pu]. The molecule has 0 saturated heterocycles. The van der Waals surface area contributed by atoms with Crippen LogP contribution in [0.15, 0.2) is 0 Å². The summed E-state index contributed by atoms with van der Waals surface area (Å²) in [5.41, 5.74) is 0. The molecule has 0 rings (SSSR count). The van der Waals surface area contributed by atoms with E-state index in [1.54, 1.807) is 0 Å². The third kappa shape index (κ3) is 56.4. The maximum absolute atomic E-state index is 0. The topological polar surface area (TPSA) is 120 Å². The molecule has 0 bridgehead atoms. The Bertz CT molecular complexity index is 3.61. The van der Waals surface area contributed by atoms with Crippen molar-refractivity contribution in [1.29, 1.82) is 0 Å². The summed E-state index contributed by atoms with van der Waals surface area (Å²) in [6.45, 7) is 0. The van der Waals surface area contributed by atoms with Crippen molar-refractivity contribution < 1.29 is 51.1 Å². The second-order valence-electron chi connectivity index (χ2n) is 0. The largest absolute Gasteiger partial charge is 0.870 e. The quantitative estimate of drug-likeness (QED) is 0.587. The first-order chi connectivity index (χ1) is 0. The van der Waals surface area contributed by atoms with Gasteiger partial charge in [0.1, 0.15) is 0 Å². The smallest absolute Gasteiger partial charge is 0 e. The van der Waals surface area contributed by atoms with Gasteiger partial charge in [-0.3, -0.25) is 0 Å². The zero-order chi connectivity index (χ0) is 0. The van der Waals surface area contributed by atoms with Crippen LogP contribution in [-0.4, -0.2) is 21.9 Å². The second kappa shape index (κ2) is 103. The van der Waals surface area contributed by atoms with E-state index in [4.69, 9.17) is 0 Å². The van der Waals surface area contributed by atoms with E-state index in [0.29, 0.717) is 0 Å². The number of hydrogen-bond acceptors (Lipinski definition) is 4. The first kappa shape index (κ1) is 199. The summed E-state index contributed by atoms with van der Waals surface area (Å²) < 4.78 is 0. The Morgan fingerprint density at radius 3 is 0.400 bits per heavy atom. The first-order valence-electron chi connectivity index (χ1n) is 0. The molecule has 0 aromatic rings. The first-order valence-corrected chi connectivity index (χ1v) is 0. The molecule has 0 heterocycles. The van der Waals surface area contributed by atoms with Crippen molar-refractivity contribution in [3.05, 3.63) is 0 Å². The monoisotopic (exact) mass is 306 g/mol. The van der Waals surface area contributed by atoms with E-state index in [1.807, 2.05) is 0 Å². The van der Waals surface area contributed by atoms with Crippen molar-refractivity contribution in [3.63, 3.8) is 0 Å². The molecule has 0 aliphatic heterocycles. The Morgan fingerprint density at radius 2 is 0.400 bits per heavy atom. The van der Waals surface area contributed by atoms with Crippen LogP contribution in [-0.2, 0) is 0 Å². The molecule has 0 aromatic heterocycles. The summed E-state index contributed by atoms with van der Waals surface area (Å²) in [5, 5.41) is 0. The second-order valence-corrected chi connectivity index (χ2v) is 0. The Labute approximate surface area is 51.3 Å². The molecule has 0 spiro atoms. The molecule has 5 heavy (non-hydrogen) atoms. The molecule has 5 heteroatoms. The fraction of sp³-hybridized carbons (Fsp3) is 0. The van der Waals surface area contributed by atoms with Crippen molar-refractivity contribution in [2.45, 2.75) is 0 Å². The van der Waals surface area contributed by atoms with Crippen molar-refractivity contribution in [2.24, 2.45) is 0 Å². The summed E-state index contributed by atoms with van der Waals surface area (Å²) in [7, 11) is 0. The third-order valence-corrected chi connectivity index (χ3v) is 0. The Kier molecular flexibility index (Phi) is 4100. The fourth-order valence-electron chi connectivity index (χ4n) is 0. The van der Waals surface area contributed by atoms with Crippen molar-refractivity contribution in [1.82, 2.24) is 0 Å². The van der Waals surface area contributed by atoms with Crippen LogP contribution in [0.3, 0.4) is 0 Å². The van der Waals surface area contributed by atoms with Crippen molar-refractivity contribution >= 4 is 0 Å². The van der Waals surface area contributed by atoms with Crippen LogP contribution in [0.1, 0.15) is 0 Å². The maximum Gasteiger partial charge on any atom is 0 e. The normalized spacial score (nSPS) is 0. The summed E-state index contributed by atoms with van der Waals surface area (Å²) in [5.74, 6) is 0. The molecule has 0 fully saturated rings. The Hall–Kier alpha value is 0.827. The average Bonchev–Trinajstić information content (AvgIpc) is 0. The van der Waals surface area contributed by atoms with Crippen LogP contribution in [0.5, 0.6) is 0 Å². The zero-order valence-electron chi connectivity index (χ0n) is 2.20. The van der Waals surface area contributed by atoms with Crippen molar-refractivity contribution in [2.75, 3.05) is 0 Å². The van der Waals surface area contributed by atoms with Gasteiger partial charge in [0.2, 0.25) is 0 Å². The predicted octanol–water partition coefficient (Wildman–Crippen LogP) is -0.707. The minimum absolute atomic E-state index is 0. The standard InChI is InChI=1S/4H2O.Pu/h4*1H2;/p-4. The summed E-state index contributed by atoms with van der Waals surface area (Å²) in [6, 6.07) is 0. The minimum atomic E-state index is 0. The summed E-state index contributed by atoms with van der Waals surface area (Å²) in [6.07, 6.45) is 0. The van der Waals surface area contributed by atoms with Crippen LogP contribution < -0.4 is 0 Å². The molecule has 0 unspecified atom stereocenters. The molecule has 0 aromatic carbocycles. The zero-order valence-corrected chi connectivity index (χ0v) is 5.60. The molecule has 38 valence electrons. The van der Waals surface area contributed by atoms with Crippen LogP contribution in [0, 0.1) is 29.2 Å². The molecule has 4 N–H and O–H groups in total. The third-order valence-electron chi connectivity index (χ3n) is 0. The van der Waals surface area contributed by atoms with E-state index in [9.17, 15) is 0 Å². The Balaban J connectivity index is 0. The van der Waals surface area contributed by atoms with Gasteiger partial charge in [0, 0.05) is 29.2 Å². The van der Waals surface area contributed by atoms with Gasteiger partial charge in [-0.25, -0.2) is 0 Å². The van der Waals surface area contributed by atoms with E-state index in [2.05, 4.69) is 0 Å². The Morgan fingerprint density at radius 1 is 0.400 bits per heavy atom. The van der Waals surface area contributed by atoms with Gasteiger partial charge in [-0.05, 0) is 0 Å². The number of rotatable bonds is 0. The predicted molar refractivity (Wildman–Crippen MR) is 7.74 cm³/mol. The van der Waals surface area contributed by atoms with E-state index in [1.165, 1.54) is 0 Å². The summed E-state index contributed by atoms with van der Waals surface area (Å²) in [4.78, 5) is 0. The van der Waals surface area contributed by atoms with Gasteiger partial charge in [-0.2, -0.15) is 0 Å². The van der Waals surface area contributed by atoms with Crippen molar-refractivity contribution in [3.8, 4) is 0 Å². The molecule has 0 radical (unpaired) electrons. The van der Waals surface area contributed by atoms with Crippen LogP contribution in [0.4, 0.5) is 0 Å². The van der Waals surface area contributed by atoms with Crippen LogP contribution in [0.2, 0.25) is 0 Å². The maximum atomic E-state index is 0. The van der Waals surface area contributed by atoms with Gasteiger partial charge in [0.05, 0.1) is 0 Å². The van der Waals surface area contributed by atoms with Gasteiger partial charge in [0.25, 0.3) is 0 Å². The molecule has 0 aliphatic carbocycles. The van der Waals surface area contributed by atoms with Gasteiger partial charge in [-0.1, -0.05) is 0 Å². The van der Waals surface area contributed by atoms with Crippen LogP contribution in [0.25, 0.3) is 0 Å². The molecule has 0 atom stereocenters. The molecule has 0 saturated carbocycles. The van der Waals surface area contributed by atoms with Gasteiger partial charge < -0.3 is 21.9 Å². The molecule has 4 nitrogen and oxygen atoms in total. The van der Waals surface area contributed by atoms with Gasteiger partial charge in [0.15, 0.2) is 0 Å². The minimum Gasteiger partial charge on any atom is -0.870 e. The van der Waals surface area contributed by atoms with Gasteiger partial charge >= 0.3 is 0 Å². The molecule has 0 amide bonds. The van der Waals surface area contributed by atoms with E-state index in [0.717, 1.165) is 0 Å². The van der Waals surface area contributed by atoms with Crippen LogP contribution >= 0.6 is 0 Å². The van der Waals surface area contributed by atoms with E-state index < -0.39 is 0 Å². The molecule has 0 aliphatic rings. The summed E-state index contributed by atoms with van der Waals surface area (Å²) >= 11 is 0. The van der Waals surface area contributed by atoms with E-state index >= 15 is 0 Å². The molecular formula is H4O4Pu-4. The van der Waals surface area contributed by atoms with Gasteiger partial charge in [-0.15, -0.1) is 0 Å². The fourth-order valence-corrected chi connectivity index (χ4v) is 0. The number of hydrogen-bond donors (Lipinski definition) is 0. The average molecular weight is 312 g/mol. The molecular weight excluding hydrogens is 308 g/mol. The van der Waals surface area contributed by atoms with E-state index in [-0.39, 0.29) is 51.1 Å².